The van der Waals surface area contributed by atoms with Crippen LogP contribution >= 0.6 is 11.8 Å². The fourth-order valence-electron chi connectivity index (χ4n) is 4.16. The van der Waals surface area contributed by atoms with Gasteiger partial charge in [-0.2, -0.15) is 13.2 Å². The highest BCUT2D eigenvalue weighted by molar-refractivity contribution is 7.99. The number of hydrogen-bond donors (Lipinski definition) is 2. The number of aliphatic hydroxyl groups excluding tert-OH is 1. The van der Waals surface area contributed by atoms with Crippen molar-refractivity contribution < 1.29 is 23.1 Å². The summed E-state index contributed by atoms with van der Waals surface area (Å²) < 4.78 is 40.6. The molecule has 0 saturated heterocycles. The molecule has 8 heteroatoms. The Morgan fingerprint density at radius 3 is 2.31 bits per heavy atom. The standard InChI is InChI=1S/C28H27F3N2O2S/c1-2-36-25-10-5-20(6-11-25)18-32-27(35)21-7-12-26-22(16-21)17-24(33(26)13-14-34)15-19-3-8-23(9-4-19)28(29,30)31/h3-12,16-17,34H,2,13-15,18H2,1H3,(H,32,35). The van der Waals surface area contributed by atoms with Gasteiger partial charge in [0.25, 0.3) is 5.91 Å². The van der Waals surface area contributed by atoms with Gasteiger partial charge < -0.3 is 15.0 Å². The van der Waals surface area contributed by atoms with Crippen molar-refractivity contribution >= 4 is 28.6 Å². The first-order valence-corrected chi connectivity index (χ1v) is 12.7. The number of halogens is 3. The molecule has 0 aliphatic carbocycles. The summed E-state index contributed by atoms with van der Waals surface area (Å²) in [6, 6.07) is 20.5. The summed E-state index contributed by atoms with van der Waals surface area (Å²) in [5, 5.41) is 13.4. The molecule has 0 aliphatic heterocycles. The molecule has 0 fully saturated rings. The van der Waals surface area contributed by atoms with Crippen LogP contribution in [0.25, 0.3) is 10.9 Å². The van der Waals surface area contributed by atoms with E-state index >= 15 is 0 Å². The van der Waals surface area contributed by atoms with Crippen molar-refractivity contribution in [3.8, 4) is 0 Å². The molecule has 4 aromatic rings. The lowest BCUT2D eigenvalue weighted by molar-refractivity contribution is -0.137. The molecule has 1 heterocycles. The summed E-state index contributed by atoms with van der Waals surface area (Å²) in [5.41, 5.74) is 3.27. The molecule has 3 aromatic carbocycles. The Hall–Kier alpha value is -3.23. The van der Waals surface area contributed by atoms with E-state index in [9.17, 15) is 23.1 Å². The normalized spacial score (nSPS) is 11.7. The van der Waals surface area contributed by atoms with Crippen molar-refractivity contribution in [2.24, 2.45) is 0 Å². The van der Waals surface area contributed by atoms with E-state index in [0.717, 1.165) is 45.6 Å². The van der Waals surface area contributed by atoms with Crippen LogP contribution in [0.1, 0.15) is 39.7 Å². The Labute approximate surface area is 212 Å². The lowest BCUT2D eigenvalue weighted by Crippen LogP contribution is -2.22. The van der Waals surface area contributed by atoms with Crippen LogP contribution in [0.4, 0.5) is 13.2 Å². The average Bonchev–Trinajstić information content (AvgIpc) is 3.19. The third kappa shape index (κ3) is 6.12. The number of nitrogens with one attached hydrogen (secondary N) is 1. The molecule has 2 N–H and O–H groups in total. The number of rotatable bonds is 9. The van der Waals surface area contributed by atoms with Crippen LogP contribution in [0.2, 0.25) is 0 Å². The zero-order valence-corrected chi connectivity index (χ0v) is 20.6. The Kier molecular flexibility index (Phi) is 8.06. The van der Waals surface area contributed by atoms with Crippen molar-refractivity contribution in [2.75, 3.05) is 12.4 Å². The molecule has 1 aromatic heterocycles. The molecule has 4 nitrogen and oxygen atoms in total. The van der Waals surface area contributed by atoms with E-state index in [1.807, 2.05) is 41.0 Å². The van der Waals surface area contributed by atoms with Crippen molar-refractivity contribution in [2.45, 2.75) is 37.5 Å². The molecule has 188 valence electrons. The number of fused-ring (bicyclic) bond motifs is 1. The fourth-order valence-corrected chi connectivity index (χ4v) is 4.82. The summed E-state index contributed by atoms with van der Waals surface area (Å²) in [6.07, 6.45) is -3.97. The van der Waals surface area contributed by atoms with Crippen LogP contribution in [0.5, 0.6) is 0 Å². The van der Waals surface area contributed by atoms with E-state index in [1.165, 1.54) is 17.0 Å². The van der Waals surface area contributed by atoms with Crippen LogP contribution < -0.4 is 5.32 Å². The lowest BCUT2D eigenvalue weighted by atomic mass is 10.1. The number of aliphatic hydroxyl groups is 1. The maximum atomic E-state index is 12.9. The molecule has 0 aliphatic rings. The van der Waals surface area contributed by atoms with Crippen LogP contribution in [0.15, 0.2) is 77.7 Å². The van der Waals surface area contributed by atoms with Gasteiger partial charge in [0.1, 0.15) is 0 Å². The van der Waals surface area contributed by atoms with Gasteiger partial charge in [-0.25, -0.2) is 0 Å². The van der Waals surface area contributed by atoms with Gasteiger partial charge in [0.15, 0.2) is 0 Å². The minimum Gasteiger partial charge on any atom is -0.395 e. The average molecular weight is 513 g/mol. The summed E-state index contributed by atoms with van der Waals surface area (Å²) in [6.45, 7) is 2.78. The van der Waals surface area contributed by atoms with Gasteiger partial charge in [-0.05, 0) is 65.4 Å². The summed E-state index contributed by atoms with van der Waals surface area (Å²) in [5.74, 6) is 0.813. The predicted molar refractivity (Wildman–Crippen MR) is 137 cm³/mol. The molecule has 0 radical (unpaired) electrons. The second-order valence-corrected chi connectivity index (χ2v) is 9.75. The molecule has 0 atom stereocenters. The van der Waals surface area contributed by atoms with Gasteiger partial charge in [0, 0.05) is 46.6 Å². The highest BCUT2D eigenvalue weighted by atomic mass is 32.2. The van der Waals surface area contributed by atoms with Crippen molar-refractivity contribution in [3.63, 3.8) is 0 Å². The second kappa shape index (κ2) is 11.2. The third-order valence-electron chi connectivity index (χ3n) is 5.93. The van der Waals surface area contributed by atoms with E-state index in [2.05, 4.69) is 12.2 Å². The lowest BCUT2D eigenvalue weighted by Gasteiger charge is -2.11. The Morgan fingerprint density at radius 1 is 0.972 bits per heavy atom. The first-order valence-electron chi connectivity index (χ1n) is 11.7. The van der Waals surface area contributed by atoms with Gasteiger partial charge in [-0.1, -0.05) is 31.2 Å². The Bertz CT molecular complexity index is 1330. The van der Waals surface area contributed by atoms with E-state index in [4.69, 9.17) is 0 Å². The zero-order valence-electron chi connectivity index (χ0n) is 19.8. The highest BCUT2D eigenvalue weighted by Gasteiger charge is 2.30. The quantitative estimate of drug-likeness (QED) is 0.259. The minimum atomic E-state index is -4.38. The molecule has 36 heavy (non-hydrogen) atoms. The van der Waals surface area contributed by atoms with Crippen molar-refractivity contribution in [1.82, 2.24) is 9.88 Å². The number of thioether (sulfide) groups is 1. The monoisotopic (exact) mass is 512 g/mol. The summed E-state index contributed by atoms with van der Waals surface area (Å²) in [7, 11) is 0. The van der Waals surface area contributed by atoms with Gasteiger partial charge in [-0.3, -0.25) is 4.79 Å². The molecule has 0 bridgehead atoms. The van der Waals surface area contributed by atoms with E-state index in [-0.39, 0.29) is 12.5 Å². The number of hydrogen-bond acceptors (Lipinski definition) is 3. The smallest absolute Gasteiger partial charge is 0.395 e. The zero-order chi connectivity index (χ0) is 25.7. The third-order valence-corrected chi connectivity index (χ3v) is 6.82. The van der Waals surface area contributed by atoms with Crippen molar-refractivity contribution in [3.05, 3.63) is 101 Å². The number of carbonyl (C=O) groups excluding carboxylic acids is 1. The largest absolute Gasteiger partial charge is 0.416 e. The van der Waals surface area contributed by atoms with E-state index < -0.39 is 11.7 Å². The van der Waals surface area contributed by atoms with Crippen LogP contribution in [0, 0.1) is 0 Å². The molecule has 1 amide bonds. The second-order valence-electron chi connectivity index (χ2n) is 8.42. The Morgan fingerprint density at radius 2 is 1.67 bits per heavy atom. The maximum Gasteiger partial charge on any atom is 0.416 e. The van der Waals surface area contributed by atoms with Gasteiger partial charge in [-0.15, -0.1) is 11.8 Å². The molecule has 0 unspecified atom stereocenters. The number of benzene rings is 3. The molecule has 0 spiro atoms. The van der Waals surface area contributed by atoms with E-state index in [0.29, 0.717) is 25.1 Å². The van der Waals surface area contributed by atoms with Gasteiger partial charge >= 0.3 is 6.18 Å². The number of aromatic nitrogens is 1. The van der Waals surface area contributed by atoms with Crippen LogP contribution in [-0.4, -0.2) is 27.9 Å². The number of amides is 1. The Balaban J connectivity index is 1.51. The first kappa shape index (κ1) is 25.9. The van der Waals surface area contributed by atoms with Gasteiger partial charge in [0.2, 0.25) is 0 Å². The number of nitrogens with zero attached hydrogens (tertiary/aromatic N) is 1. The topological polar surface area (TPSA) is 54.3 Å². The first-order chi connectivity index (χ1) is 17.3. The molecular formula is C28H27F3N2O2S. The molecule has 4 rings (SSSR count). The molecular weight excluding hydrogens is 485 g/mol. The maximum absolute atomic E-state index is 12.9. The van der Waals surface area contributed by atoms with Gasteiger partial charge in [0.05, 0.1) is 12.2 Å². The number of alkyl halides is 3. The molecule has 0 saturated carbocycles. The van der Waals surface area contributed by atoms with Crippen LogP contribution in [0.3, 0.4) is 0 Å². The number of carbonyl (C=O) groups is 1. The fraction of sp³-hybridized carbons (Fsp3) is 0.250. The highest BCUT2D eigenvalue weighted by Crippen LogP contribution is 2.30. The van der Waals surface area contributed by atoms with E-state index in [1.54, 1.807) is 23.9 Å². The summed E-state index contributed by atoms with van der Waals surface area (Å²) in [4.78, 5) is 14.0. The minimum absolute atomic E-state index is 0.0818. The summed E-state index contributed by atoms with van der Waals surface area (Å²) >= 11 is 1.76. The predicted octanol–water partition coefficient (Wildman–Crippen LogP) is 6.29. The SMILES string of the molecule is CCSc1ccc(CNC(=O)c2ccc3c(c2)cc(Cc2ccc(C(F)(F)F)cc2)n3CCO)cc1. The van der Waals surface area contributed by atoms with Crippen LogP contribution in [-0.2, 0) is 25.7 Å². The van der Waals surface area contributed by atoms with Crippen molar-refractivity contribution in [1.29, 1.82) is 0 Å².